The van der Waals surface area contributed by atoms with Gasteiger partial charge >= 0.3 is 0 Å². The van der Waals surface area contributed by atoms with Gasteiger partial charge in [0.2, 0.25) is 5.95 Å². The highest BCUT2D eigenvalue weighted by Gasteiger charge is 1.94. The molecule has 0 aromatic carbocycles. The van der Waals surface area contributed by atoms with Gasteiger partial charge in [-0.3, -0.25) is 0 Å². The molecule has 4 heteroatoms. The van der Waals surface area contributed by atoms with Crippen LogP contribution >= 0.6 is 0 Å². The smallest absolute Gasteiger partial charge is 0.225 e. The summed E-state index contributed by atoms with van der Waals surface area (Å²) in [6.45, 7) is 3.23. The van der Waals surface area contributed by atoms with Crippen LogP contribution in [0.3, 0.4) is 0 Å². The number of unbranched alkanes of at least 4 members (excludes halogenated alkanes) is 9. The van der Waals surface area contributed by atoms with E-state index in [9.17, 15) is 0 Å². The van der Waals surface area contributed by atoms with Gasteiger partial charge in [0.15, 0.2) is 0 Å². The summed E-state index contributed by atoms with van der Waals surface area (Å²) in [5.41, 5.74) is 0. The van der Waals surface area contributed by atoms with E-state index in [1.807, 2.05) is 0 Å². The van der Waals surface area contributed by atoms with Crippen molar-refractivity contribution in [3.63, 3.8) is 0 Å². The molecule has 1 rings (SSSR count). The third-order valence-corrected chi connectivity index (χ3v) is 3.31. The molecule has 108 valence electrons. The molecule has 0 bridgehead atoms. The van der Waals surface area contributed by atoms with Gasteiger partial charge in [-0.2, -0.15) is 0 Å². The largest absolute Gasteiger partial charge is 0.354 e. The van der Waals surface area contributed by atoms with Gasteiger partial charge in [-0.25, -0.2) is 15.0 Å². The van der Waals surface area contributed by atoms with Gasteiger partial charge in [0.1, 0.15) is 12.7 Å². The topological polar surface area (TPSA) is 50.7 Å². The van der Waals surface area contributed by atoms with Gasteiger partial charge in [0.05, 0.1) is 0 Å². The van der Waals surface area contributed by atoms with E-state index in [0.717, 1.165) is 6.54 Å². The molecule has 0 fully saturated rings. The Morgan fingerprint density at radius 3 is 1.89 bits per heavy atom. The first-order chi connectivity index (χ1) is 9.43. The number of hydrogen-bond acceptors (Lipinski definition) is 4. The standard InChI is InChI=1S/C15H28N4/c1-2-3-4-5-6-7-8-9-10-11-12-17-15-18-13-16-14-19-15/h13-14H,2-12H2,1H3,(H,16,17,18,19). The molecule has 0 atom stereocenters. The lowest BCUT2D eigenvalue weighted by Gasteiger charge is -2.04. The first kappa shape index (κ1) is 15.9. The molecule has 0 aliphatic heterocycles. The second kappa shape index (κ2) is 11.9. The number of nitrogens with zero attached hydrogens (tertiary/aromatic N) is 3. The predicted molar refractivity (Wildman–Crippen MR) is 80.2 cm³/mol. The quantitative estimate of drug-likeness (QED) is 0.575. The summed E-state index contributed by atoms with van der Waals surface area (Å²) in [4.78, 5) is 11.8. The average molecular weight is 264 g/mol. The summed E-state index contributed by atoms with van der Waals surface area (Å²) in [5.74, 6) is 0.686. The second-order valence-corrected chi connectivity index (χ2v) is 5.07. The highest BCUT2D eigenvalue weighted by Crippen LogP contribution is 2.10. The summed E-state index contributed by atoms with van der Waals surface area (Å²) >= 11 is 0. The van der Waals surface area contributed by atoms with Crippen LogP contribution in [0.5, 0.6) is 0 Å². The summed E-state index contributed by atoms with van der Waals surface area (Å²) in [6.07, 6.45) is 16.7. The zero-order valence-corrected chi connectivity index (χ0v) is 12.3. The second-order valence-electron chi connectivity index (χ2n) is 5.07. The minimum absolute atomic E-state index is 0.686. The van der Waals surface area contributed by atoms with Crippen molar-refractivity contribution in [1.82, 2.24) is 15.0 Å². The van der Waals surface area contributed by atoms with Crippen molar-refractivity contribution in [1.29, 1.82) is 0 Å². The van der Waals surface area contributed by atoms with Crippen LogP contribution in [0.2, 0.25) is 0 Å². The number of hydrogen-bond donors (Lipinski definition) is 1. The zero-order chi connectivity index (χ0) is 13.6. The highest BCUT2D eigenvalue weighted by molar-refractivity contribution is 5.19. The first-order valence-electron chi connectivity index (χ1n) is 7.79. The maximum atomic E-state index is 4.03. The maximum absolute atomic E-state index is 4.03. The van der Waals surface area contributed by atoms with Crippen molar-refractivity contribution in [2.45, 2.75) is 71.1 Å². The van der Waals surface area contributed by atoms with Crippen LogP contribution in [-0.4, -0.2) is 21.5 Å². The Balaban J connectivity index is 1.79. The van der Waals surface area contributed by atoms with E-state index in [1.54, 1.807) is 0 Å². The molecule has 1 aromatic heterocycles. The predicted octanol–water partition coefficient (Wildman–Crippen LogP) is 4.20. The monoisotopic (exact) mass is 264 g/mol. The highest BCUT2D eigenvalue weighted by atomic mass is 15.1. The molecule has 0 radical (unpaired) electrons. The van der Waals surface area contributed by atoms with Crippen molar-refractivity contribution < 1.29 is 0 Å². The molecule has 0 aliphatic carbocycles. The average Bonchev–Trinajstić information content (AvgIpc) is 2.46. The van der Waals surface area contributed by atoms with Crippen LogP contribution < -0.4 is 5.32 Å². The molecule has 1 aromatic rings. The number of rotatable bonds is 12. The fraction of sp³-hybridized carbons (Fsp3) is 0.800. The van der Waals surface area contributed by atoms with Gasteiger partial charge in [-0.1, -0.05) is 64.7 Å². The Labute approximate surface area is 117 Å². The molecule has 0 saturated heterocycles. The van der Waals surface area contributed by atoms with E-state index in [0.29, 0.717) is 5.95 Å². The molecule has 4 nitrogen and oxygen atoms in total. The van der Waals surface area contributed by atoms with Gasteiger partial charge in [-0.05, 0) is 6.42 Å². The fourth-order valence-electron chi connectivity index (χ4n) is 2.14. The summed E-state index contributed by atoms with van der Waals surface area (Å²) in [5, 5.41) is 3.21. The van der Waals surface area contributed by atoms with Crippen molar-refractivity contribution in [3.05, 3.63) is 12.7 Å². The minimum atomic E-state index is 0.686. The lowest BCUT2D eigenvalue weighted by molar-refractivity contribution is 0.559. The molecular formula is C15H28N4. The molecule has 0 amide bonds. The third-order valence-electron chi connectivity index (χ3n) is 3.31. The lowest BCUT2D eigenvalue weighted by Crippen LogP contribution is -2.05. The fourth-order valence-corrected chi connectivity index (χ4v) is 2.14. The molecule has 0 spiro atoms. The van der Waals surface area contributed by atoms with E-state index in [4.69, 9.17) is 0 Å². The Morgan fingerprint density at radius 2 is 1.32 bits per heavy atom. The van der Waals surface area contributed by atoms with Crippen molar-refractivity contribution in [3.8, 4) is 0 Å². The lowest BCUT2D eigenvalue weighted by atomic mass is 10.1. The summed E-state index contributed by atoms with van der Waals surface area (Å²) < 4.78 is 0. The van der Waals surface area contributed by atoms with E-state index in [1.165, 1.54) is 76.9 Å². The van der Waals surface area contributed by atoms with Crippen molar-refractivity contribution in [2.24, 2.45) is 0 Å². The van der Waals surface area contributed by atoms with Crippen LogP contribution in [0.1, 0.15) is 71.1 Å². The van der Waals surface area contributed by atoms with Gasteiger partial charge in [0.25, 0.3) is 0 Å². The Bertz CT molecular complexity index is 289. The SMILES string of the molecule is CCCCCCCCCCCCNc1ncncn1. The zero-order valence-electron chi connectivity index (χ0n) is 12.3. The van der Waals surface area contributed by atoms with E-state index in [-0.39, 0.29) is 0 Å². The Morgan fingerprint density at radius 1 is 0.789 bits per heavy atom. The van der Waals surface area contributed by atoms with Crippen LogP contribution in [0.4, 0.5) is 5.95 Å². The molecule has 19 heavy (non-hydrogen) atoms. The molecular weight excluding hydrogens is 236 g/mol. The van der Waals surface area contributed by atoms with Crippen molar-refractivity contribution in [2.75, 3.05) is 11.9 Å². The van der Waals surface area contributed by atoms with Crippen LogP contribution in [0.25, 0.3) is 0 Å². The molecule has 1 heterocycles. The van der Waals surface area contributed by atoms with Gasteiger partial charge < -0.3 is 5.32 Å². The molecule has 0 saturated carbocycles. The molecule has 0 unspecified atom stereocenters. The summed E-state index contributed by atoms with van der Waals surface area (Å²) in [7, 11) is 0. The van der Waals surface area contributed by atoms with Crippen LogP contribution in [0.15, 0.2) is 12.7 Å². The van der Waals surface area contributed by atoms with Gasteiger partial charge in [-0.15, -0.1) is 0 Å². The number of anilines is 1. The molecule has 0 aliphatic rings. The van der Waals surface area contributed by atoms with E-state index >= 15 is 0 Å². The van der Waals surface area contributed by atoms with Gasteiger partial charge in [0, 0.05) is 6.54 Å². The third kappa shape index (κ3) is 9.40. The van der Waals surface area contributed by atoms with Crippen LogP contribution in [0, 0.1) is 0 Å². The first-order valence-corrected chi connectivity index (χ1v) is 7.79. The van der Waals surface area contributed by atoms with E-state index in [2.05, 4.69) is 27.2 Å². The van der Waals surface area contributed by atoms with Crippen molar-refractivity contribution >= 4 is 5.95 Å². The molecule has 1 N–H and O–H groups in total. The summed E-state index contributed by atoms with van der Waals surface area (Å²) in [6, 6.07) is 0. The Kier molecular flexibility index (Phi) is 9.92. The Hall–Kier alpha value is -1.19. The normalized spacial score (nSPS) is 10.6. The number of nitrogens with one attached hydrogen (secondary N) is 1. The maximum Gasteiger partial charge on any atom is 0.225 e. The van der Waals surface area contributed by atoms with E-state index < -0.39 is 0 Å². The minimum Gasteiger partial charge on any atom is -0.354 e. The van der Waals surface area contributed by atoms with Crippen LogP contribution in [-0.2, 0) is 0 Å². The number of aromatic nitrogens is 3.